The van der Waals surface area contributed by atoms with Crippen LogP contribution in [0.25, 0.3) is 10.2 Å². The zero-order valence-electron chi connectivity index (χ0n) is 8.03. The van der Waals surface area contributed by atoms with Crippen LogP contribution in [0.15, 0.2) is 23.1 Å². The molecule has 1 aromatic heterocycles. The fourth-order valence-corrected chi connectivity index (χ4v) is 2.19. The van der Waals surface area contributed by atoms with Crippen molar-refractivity contribution < 1.29 is 0 Å². The van der Waals surface area contributed by atoms with Gasteiger partial charge in [-0.05, 0) is 25.1 Å². The third kappa shape index (κ3) is 2.45. The Balaban J connectivity index is 0.000000396. The molecule has 0 aliphatic carbocycles. The highest BCUT2D eigenvalue weighted by atomic mass is 32.1. The fraction of sp³-hybridized carbons (Fsp3) is 0.300. The highest BCUT2D eigenvalue weighted by Gasteiger charge is 1.98. The van der Waals surface area contributed by atoms with E-state index < -0.39 is 0 Å². The second-order valence-electron chi connectivity index (χ2n) is 2.38. The number of hydrogen-bond donors (Lipinski definition) is 1. The summed E-state index contributed by atoms with van der Waals surface area (Å²) in [5.74, 6) is 0. The summed E-state index contributed by atoms with van der Waals surface area (Å²) in [6.45, 7) is 6.02. The van der Waals surface area contributed by atoms with Gasteiger partial charge < -0.3 is 0 Å². The molecule has 0 N–H and O–H groups in total. The largest absolute Gasteiger partial charge is 0.242 e. The van der Waals surface area contributed by atoms with E-state index in [1.165, 1.54) is 4.70 Å². The average Bonchev–Trinajstić information content (AvgIpc) is 2.48. The lowest BCUT2D eigenvalue weighted by Crippen LogP contribution is -1.67. The molecule has 0 spiro atoms. The van der Waals surface area contributed by atoms with Crippen LogP contribution in [-0.2, 0) is 0 Å². The van der Waals surface area contributed by atoms with Gasteiger partial charge in [-0.2, -0.15) is 0 Å². The molecule has 0 unspecified atom stereocenters. The van der Waals surface area contributed by atoms with E-state index in [4.69, 9.17) is 0 Å². The lowest BCUT2D eigenvalue weighted by molar-refractivity contribution is 1.34. The van der Waals surface area contributed by atoms with Crippen LogP contribution in [0.4, 0.5) is 0 Å². The summed E-state index contributed by atoms with van der Waals surface area (Å²) in [6, 6.07) is 6.01. The normalized spacial score (nSPS) is 9.54. The van der Waals surface area contributed by atoms with Crippen LogP contribution in [0.2, 0.25) is 0 Å². The lowest BCUT2D eigenvalue weighted by atomic mass is 10.3. The smallest absolute Gasteiger partial charge is 0.0907 e. The van der Waals surface area contributed by atoms with Crippen LogP contribution in [0.3, 0.4) is 0 Å². The molecule has 0 radical (unpaired) electrons. The fourth-order valence-electron chi connectivity index (χ4n) is 1.03. The number of nitrogens with zero attached hydrogens (tertiary/aromatic N) is 1. The molecule has 0 bridgehead atoms. The Labute approximate surface area is 88.2 Å². The first-order chi connectivity index (χ1) is 6.25. The topological polar surface area (TPSA) is 12.9 Å². The van der Waals surface area contributed by atoms with Crippen molar-refractivity contribution >= 4 is 34.2 Å². The van der Waals surface area contributed by atoms with E-state index in [1.807, 2.05) is 39.0 Å². The number of rotatable bonds is 0. The third-order valence-corrected chi connectivity index (χ3v) is 2.69. The Kier molecular flexibility index (Phi) is 3.75. The van der Waals surface area contributed by atoms with Gasteiger partial charge >= 0.3 is 0 Å². The van der Waals surface area contributed by atoms with E-state index in [2.05, 4.69) is 17.6 Å². The predicted molar refractivity (Wildman–Crippen MR) is 63.0 cm³/mol. The molecule has 2 aromatic rings. The van der Waals surface area contributed by atoms with E-state index in [9.17, 15) is 0 Å². The summed E-state index contributed by atoms with van der Waals surface area (Å²) in [5, 5.41) is 1.11. The molecular formula is C10H13NS2. The molecule has 2 rings (SSSR count). The Bertz CT molecular complexity index is 393. The second kappa shape index (κ2) is 4.63. The number of fused-ring (bicyclic) bond motifs is 1. The maximum absolute atomic E-state index is 4.34. The second-order valence-corrected chi connectivity index (χ2v) is 4.14. The Morgan fingerprint density at radius 1 is 1.31 bits per heavy atom. The molecule has 3 heteroatoms. The van der Waals surface area contributed by atoms with E-state index in [0.29, 0.717) is 0 Å². The van der Waals surface area contributed by atoms with Crippen LogP contribution in [0, 0.1) is 6.92 Å². The van der Waals surface area contributed by atoms with Gasteiger partial charge in [-0.3, -0.25) is 0 Å². The van der Waals surface area contributed by atoms with E-state index in [-0.39, 0.29) is 0 Å². The first-order valence-electron chi connectivity index (χ1n) is 4.32. The molecular weight excluding hydrogens is 198 g/mol. The third-order valence-electron chi connectivity index (χ3n) is 1.48. The molecule has 1 heterocycles. The standard InChI is InChI=1S/C8H7NS2.C2H6/c1-5-9-7-3-2-6(10)4-8(7)11-5;1-2/h2-4,10H,1H3;1-2H3. The van der Waals surface area contributed by atoms with Gasteiger partial charge in [-0.1, -0.05) is 13.8 Å². The van der Waals surface area contributed by atoms with Crippen molar-refractivity contribution in [3.8, 4) is 0 Å². The molecule has 0 saturated carbocycles. The monoisotopic (exact) mass is 211 g/mol. The summed E-state index contributed by atoms with van der Waals surface area (Å²) in [7, 11) is 0. The maximum atomic E-state index is 4.34. The van der Waals surface area contributed by atoms with Gasteiger partial charge in [0.25, 0.3) is 0 Å². The molecule has 0 atom stereocenters. The first kappa shape index (κ1) is 10.5. The minimum atomic E-state index is 1.00. The number of thiazole rings is 1. The Morgan fingerprint density at radius 3 is 2.69 bits per heavy atom. The summed E-state index contributed by atoms with van der Waals surface area (Å²) < 4.78 is 1.22. The van der Waals surface area contributed by atoms with Gasteiger partial charge in [0.2, 0.25) is 0 Å². The molecule has 0 aliphatic rings. The minimum Gasteiger partial charge on any atom is -0.242 e. The molecule has 70 valence electrons. The van der Waals surface area contributed by atoms with Crippen LogP contribution in [-0.4, -0.2) is 4.98 Å². The molecule has 0 fully saturated rings. The average molecular weight is 211 g/mol. The lowest BCUT2D eigenvalue weighted by Gasteiger charge is -1.87. The zero-order chi connectivity index (χ0) is 9.84. The number of hydrogen-bond acceptors (Lipinski definition) is 3. The first-order valence-corrected chi connectivity index (χ1v) is 5.58. The van der Waals surface area contributed by atoms with Crippen LogP contribution in [0.5, 0.6) is 0 Å². The molecule has 0 aliphatic heterocycles. The SMILES string of the molecule is CC.Cc1nc2ccc(S)cc2s1. The maximum Gasteiger partial charge on any atom is 0.0907 e. The van der Waals surface area contributed by atoms with Crippen LogP contribution in [0.1, 0.15) is 18.9 Å². The van der Waals surface area contributed by atoms with Crippen molar-refractivity contribution in [3.05, 3.63) is 23.2 Å². The predicted octanol–water partition coefficient (Wildman–Crippen LogP) is 3.92. The van der Waals surface area contributed by atoms with Crippen molar-refractivity contribution in [2.45, 2.75) is 25.7 Å². The van der Waals surface area contributed by atoms with Gasteiger partial charge in [0.1, 0.15) is 0 Å². The minimum absolute atomic E-state index is 1.00. The summed E-state index contributed by atoms with van der Waals surface area (Å²) in [6.07, 6.45) is 0. The van der Waals surface area contributed by atoms with Gasteiger partial charge in [-0.15, -0.1) is 24.0 Å². The van der Waals surface area contributed by atoms with Gasteiger partial charge in [0.15, 0.2) is 0 Å². The van der Waals surface area contributed by atoms with Crippen molar-refractivity contribution in [1.29, 1.82) is 0 Å². The van der Waals surface area contributed by atoms with E-state index >= 15 is 0 Å². The van der Waals surface area contributed by atoms with Crippen molar-refractivity contribution in [1.82, 2.24) is 4.98 Å². The molecule has 0 saturated heterocycles. The highest BCUT2D eigenvalue weighted by Crippen LogP contribution is 2.23. The molecule has 1 aromatic carbocycles. The summed E-state index contributed by atoms with van der Waals surface area (Å²) in [5.41, 5.74) is 1.07. The number of aryl methyl sites for hydroxylation is 1. The van der Waals surface area contributed by atoms with Gasteiger partial charge in [0.05, 0.1) is 15.2 Å². The van der Waals surface area contributed by atoms with Crippen LogP contribution < -0.4 is 0 Å². The van der Waals surface area contributed by atoms with E-state index in [1.54, 1.807) is 11.3 Å². The van der Waals surface area contributed by atoms with Gasteiger partial charge in [-0.25, -0.2) is 4.98 Å². The number of benzene rings is 1. The molecule has 0 amide bonds. The van der Waals surface area contributed by atoms with Crippen LogP contribution >= 0.6 is 24.0 Å². The molecule has 13 heavy (non-hydrogen) atoms. The number of thiol groups is 1. The highest BCUT2D eigenvalue weighted by molar-refractivity contribution is 7.80. The summed E-state index contributed by atoms with van der Waals surface area (Å²) >= 11 is 5.95. The van der Waals surface area contributed by atoms with Gasteiger partial charge in [0, 0.05) is 4.90 Å². The Morgan fingerprint density at radius 2 is 2.00 bits per heavy atom. The summed E-state index contributed by atoms with van der Waals surface area (Å²) in [4.78, 5) is 5.34. The number of aromatic nitrogens is 1. The van der Waals surface area contributed by atoms with Crippen molar-refractivity contribution in [2.75, 3.05) is 0 Å². The van der Waals surface area contributed by atoms with E-state index in [0.717, 1.165) is 15.4 Å². The quantitative estimate of drug-likeness (QED) is 0.652. The van der Waals surface area contributed by atoms with Crippen molar-refractivity contribution in [3.63, 3.8) is 0 Å². The Hall–Kier alpha value is -0.540. The zero-order valence-corrected chi connectivity index (χ0v) is 9.75. The van der Waals surface area contributed by atoms with Crippen molar-refractivity contribution in [2.24, 2.45) is 0 Å². The molecule has 1 nitrogen and oxygen atoms in total.